The molecule has 2 aromatic carbocycles. The molecule has 0 spiro atoms. The third-order valence-electron chi connectivity index (χ3n) is 5.41. The van der Waals surface area contributed by atoms with E-state index in [9.17, 15) is 4.79 Å². The number of hydrogen-bond donors (Lipinski definition) is 0. The first-order chi connectivity index (χ1) is 15.1. The number of nitrogens with zero attached hydrogens (tertiary/aromatic N) is 3. The fourth-order valence-electron chi connectivity index (χ4n) is 3.92. The lowest BCUT2D eigenvalue weighted by Gasteiger charge is -2.17. The van der Waals surface area contributed by atoms with Crippen LogP contribution in [0.15, 0.2) is 73.3 Å². The number of benzene rings is 2. The molecular weight excluding hydrogens is 386 g/mol. The summed E-state index contributed by atoms with van der Waals surface area (Å²) in [7, 11) is 0. The molecule has 0 unspecified atom stereocenters. The molecule has 158 valence electrons. The summed E-state index contributed by atoms with van der Waals surface area (Å²) in [6.07, 6.45) is 6.48. The van der Waals surface area contributed by atoms with E-state index in [2.05, 4.69) is 78.0 Å². The normalized spacial score (nSPS) is 10.9. The van der Waals surface area contributed by atoms with Gasteiger partial charge in [0, 0.05) is 29.5 Å². The number of hydrogen-bond acceptors (Lipinski definition) is 3. The molecule has 0 saturated carbocycles. The summed E-state index contributed by atoms with van der Waals surface area (Å²) in [5, 5.41) is 0. The number of imidazole rings is 1. The van der Waals surface area contributed by atoms with Gasteiger partial charge in [0.05, 0.1) is 25.0 Å². The summed E-state index contributed by atoms with van der Waals surface area (Å²) < 4.78 is 9.38. The van der Waals surface area contributed by atoms with Crippen LogP contribution in [0.4, 0.5) is 0 Å². The lowest BCUT2D eigenvalue weighted by atomic mass is 10.1. The molecule has 0 N–H and O–H groups in total. The van der Waals surface area contributed by atoms with Crippen LogP contribution >= 0.6 is 0 Å². The van der Waals surface area contributed by atoms with Crippen LogP contribution in [-0.4, -0.2) is 26.7 Å². The zero-order valence-electron chi connectivity index (χ0n) is 18.2. The van der Waals surface area contributed by atoms with Crippen LogP contribution in [0.5, 0.6) is 0 Å². The fourth-order valence-corrected chi connectivity index (χ4v) is 3.92. The van der Waals surface area contributed by atoms with Gasteiger partial charge >= 0.3 is 5.97 Å². The first-order valence-electron chi connectivity index (χ1n) is 10.6. The van der Waals surface area contributed by atoms with Gasteiger partial charge in [0.15, 0.2) is 0 Å². The number of esters is 1. The van der Waals surface area contributed by atoms with Crippen molar-refractivity contribution >= 4 is 5.97 Å². The Morgan fingerprint density at radius 1 is 1.03 bits per heavy atom. The third-order valence-corrected chi connectivity index (χ3v) is 5.41. The molecule has 0 amide bonds. The lowest BCUT2D eigenvalue weighted by molar-refractivity contribution is -0.143. The number of carbonyl (C=O) groups is 1. The third kappa shape index (κ3) is 4.45. The van der Waals surface area contributed by atoms with E-state index in [1.54, 1.807) is 12.5 Å². The minimum absolute atomic E-state index is 0.165. The van der Waals surface area contributed by atoms with Crippen molar-refractivity contribution in [2.75, 3.05) is 6.61 Å². The Kier molecular flexibility index (Phi) is 6.03. The summed E-state index contributed by atoms with van der Waals surface area (Å²) >= 11 is 0. The number of aryl methyl sites for hydroxylation is 3. The second-order valence-corrected chi connectivity index (χ2v) is 7.66. The van der Waals surface area contributed by atoms with Crippen LogP contribution in [-0.2, 0) is 16.0 Å². The SMILES string of the molecule is CCOC(=O)CCc1ccc(-c2ccc(-n3ccnc3)cc2)n1-c1ccc(C)cc1C. The highest BCUT2D eigenvalue weighted by atomic mass is 16.5. The number of carbonyl (C=O) groups excluding carboxylic acids is 1. The van der Waals surface area contributed by atoms with Gasteiger partial charge in [-0.15, -0.1) is 0 Å². The van der Waals surface area contributed by atoms with Crippen molar-refractivity contribution in [1.29, 1.82) is 0 Å². The Hall–Kier alpha value is -3.60. The van der Waals surface area contributed by atoms with Gasteiger partial charge < -0.3 is 13.9 Å². The maximum Gasteiger partial charge on any atom is 0.306 e. The van der Waals surface area contributed by atoms with E-state index in [4.69, 9.17) is 4.74 Å². The maximum atomic E-state index is 12.0. The van der Waals surface area contributed by atoms with Crippen LogP contribution in [0.3, 0.4) is 0 Å². The van der Waals surface area contributed by atoms with Crippen LogP contribution in [0.2, 0.25) is 0 Å². The van der Waals surface area contributed by atoms with Gasteiger partial charge in [-0.2, -0.15) is 0 Å². The fraction of sp³-hybridized carbons (Fsp3) is 0.231. The minimum atomic E-state index is -0.165. The lowest BCUT2D eigenvalue weighted by Crippen LogP contribution is -2.09. The molecule has 0 bridgehead atoms. The maximum absolute atomic E-state index is 12.0. The zero-order valence-corrected chi connectivity index (χ0v) is 18.2. The van der Waals surface area contributed by atoms with Gasteiger partial charge in [0.2, 0.25) is 0 Å². The molecule has 0 saturated heterocycles. The highest BCUT2D eigenvalue weighted by Crippen LogP contribution is 2.30. The highest BCUT2D eigenvalue weighted by Gasteiger charge is 2.15. The molecule has 5 nitrogen and oxygen atoms in total. The van der Waals surface area contributed by atoms with Crippen LogP contribution in [0, 0.1) is 13.8 Å². The molecule has 4 aromatic rings. The predicted octanol–water partition coefficient (Wildman–Crippen LogP) is 5.44. The van der Waals surface area contributed by atoms with Gasteiger partial charge in [-0.25, -0.2) is 4.98 Å². The minimum Gasteiger partial charge on any atom is -0.466 e. The Morgan fingerprint density at radius 2 is 1.84 bits per heavy atom. The van der Waals surface area contributed by atoms with Crippen molar-refractivity contribution in [3.05, 3.63) is 90.1 Å². The summed E-state index contributed by atoms with van der Waals surface area (Å²) in [6, 6.07) is 19.1. The molecule has 2 aromatic heterocycles. The molecular formula is C26H27N3O2. The highest BCUT2D eigenvalue weighted by molar-refractivity contribution is 5.70. The molecule has 0 atom stereocenters. The second kappa shape index (κ2) is 9.04. The summed E-state index contributed by atoms with van der Waals surface area (Å²) in [4.78, 5) is 16.1. The summed E-state index contributed by atoms with van der Waals surface area (Å²) in [5.41, 5.74) is 7.93. The standard InChI is InChI=1S/C26H27N3O2/c1-4-31-26(30)14-11-23-10-13-25(29(23)24-12-5-19(2)17-20(24)3)21-6-8-22(9-7-21)28-16-15-27-18-28/h5-10,12-13,15-18H,4,11,14H2,1-3H3. The van der Waals surface area contributed by atoms with Crippen LogP contribution in [0.1, 0.15) is 30.2 Å². The van der Waals surface area contributed by atoms with Gasteiger partial charge in [-0.1, -0.05) is 29.8 Å². The quantitative estimate of drug-likeness (QED) is 0.379. The summed E-state index contributed by atoms with van der Waals surface area (Å²) in [6.45, 7) is 6.47. The molecule has 31 heavy (non-hydrogen) atoms. The Bertz CT molecular complexity index is 1170. The Morgan fingerprint density at radius 3 is 2.52 bits per heavy atom. The van der Waals surface area contributed by atoms with E-state index in [1.165, 1.54) is 11.1 Å². The molecule has 0 aliphatic heterocycles. The van der Waals surface area contributed by atoms with E-state index in [0.29, 0.717) is 19.4 Å². The van der Waals surface area contributed by atoms with Crippen molar-refractivity contribution in [2.24, 2.45) is 0 Å². The molecule has 0 aliphatic carbocycles. The van der Waals surface area contributed by atoms with Gasteiger partial charge in [0.1, 0.15) is 0 Å². The predicted molar refractivity (Wildman–Crippen MR) is 123 cm³/mol. The number of aromatic nitrogens is 3. The van der Waals surface area contributed by atoms with E-state index in [-0.39, 0.29) is 5.97 Å². The first kappa shape index (κ1) is 20.7. The van der Waals surface area contributed by atoms with Crippen LogP contribution in [0.25, 0.3) is 22.6 Å². The van der Waals surface area contributed by atoms with Crippen LogP contribution < -0.4 is 0 Å². The smallest absolute Gasteiger partial charge is 0.306 e. The van der Waals surface area contributed by atoms with E-state index < -0.39 is 0 Å². The molecule has 0 radical (unpaired) electrons. The monoisotopic (exact) mass is 413 g/mol. The van der Waals surface area contributed by atoms with Gasteiger partial charge in [0.25, 0.3) is 0 Å². The van der Waals surface area contributed by atoms with Crippen molar-refractivity contribution in [1.82, 2.24) is 14.1 Å². The van der Waals surface area contributed by atoms with E-state index >= 15 is 0 Å². The largest absolute Gasteiger partial charge is 0.466 e. The average molecular weight is 414 g/mol. The van der Waals surface area contributed by atoms with Crippen molar-refractivity contribution in [2.45, 2.75) is 33.6 Å². The molecule has 4 rings (SSSR count). The average Bonchev–Trinajstić information content (AvgIpc) is 3.43. The van der Waals surface area contributed by atoms with Gasteiger partial charge in [-0.3, -0.25) is 4.79 Å². The number of rotatable bonds is 7. The molecule has 0 fully saturated rings. The van der Waals surface area contributed by atoms with Crippen molar-refractivity contribution in [3.8, 4) is 22.6 Å². The zero-order chi connectivity index (χ0) is 21.8. The molecule has 0 aliphatic rings. The second-order valence-electron chi connectivity index (χ2n) is 7.66. The molecule has 2 heterocycles. The van der Waals surface area contributed by atoms with Crippen molar-refractivity contribution < 1.29 is 9.53 Å². The van der Waals surface area contributed by atoms with E-state index in [1.807, 2.05) is 17.7 Å². The Balaban J connectivity index is 1.74. The van der Waals surface area contributed by atoms with Gasteiger partial charge in [-0.05, 0) is 68.7 Å². The first-order valence-corrected chi connectivity index (χ1v) is 10.6. The number of ether oxygens (including phenoxy) is 1. The van der Waals surface area contributed by atoms with Crippen molar-refractivity contribution in [3.63, 3.8) is 0 Å². The topological polar surface area (TPSA) is 49.1 Å². The molecule has 5 heteroatoms. The Labute approximate surface area is 182 Å². The summed E-state index contributed by atoms with van der Waals surface area (Å²) in [5.74, 6) is -0.165. The van der Waals surface area contributed by atoms with E-state index in [0.717, 1.165) is 28.3 Å².